The highest BCUT2D eigenvalue weighted by molar-refractivity contribution is 7.21. The highest BCUT2D eigenvalue weighted by Crippen LogP contribution is 2.36. The summed E-state index contributed by atoms with van der Waals surface area (Å²) in [5.74, 6) is -1.06. The van der Waals surface area contributed by atoms with Gasteiger partial charge in [-0.05, 0) is 48.2 Å². The number of hydrogen-bond donors (Lipinski definition) is 1. The van der Waals surface area contributed by atoms with Crippen LogP contribution in [0.4, 0.5) is 5.69 Å². The van der Waals surface area contributed by atoms with Crippen LogP contribution in [0.15, 0.2) is 78.9 Å². The molecule has 0 aliphatic carbocycles. The van der Waals surface area contributed by atoms with Gasteiger partial charge in [-0.25, -0.2) is 9.78 Å². The molecule has 1 amide bonds. The van der Waals surface area contributed by atoms with Crippen molar-refractivity contribution in [2.45, 2.75) is 19.4 Å². The normalized spacial score (nSPS) is 12.0. The number of thiazole rings is 1. The van der Waals surface area contributed by atoms with Gasteiger partial charge in [0.1, 0.15) is 5.01 Å². The van der Waals surface area contributed by atoms with Gasteiger partial charge < -0.3 is 10.1 Å². The SMILES string of the molecule is CCC(OC(=O)c1cccc2cccc(-c3nc4ccccc4s3)c12)C(=O)Nc1ccc(Cl)cc1Cl. The van der Waals surface area contributed by atoms with Crippen LogP contribution in [0.2, 0.25) is 10.0 Å². The third-order valence-corrected chi connectivity index (χ3v) is 7.37. The van der Waals surface area contributed by atoms with Crippen molar-refractivity contribution in [2.75, 3.05) is 5.32 Å². The van der Waals surface area contributed by atoms with Crippen molar-refractivity contribution in [3.05, 3.63) is 94.5 Å². The zero-order valence-corrected chi connectivity index (χ0v) is 21.5. The summed E-state index contributed by atoms with van der Waals surface area (Å²) >= 11 is 13.7. The quantitative estimate of drug-likeness (QED) is 0.224. The molecular weight excluding hydrogens is 515 g/mol. The summed E-state index contributed by atoms with van der Waals surface area (Å²) in [6.45, 7) is 1.77. The minimum absolute atomic E-state index is 0.290. The van der Waals surface area contributed by atoms with Crippen LogP contribution in [0, 0.1) is 0 Å². The Bertz CT molecular complexity index is 1580. The number of anilines is 1. The van der Waals surface area contributed by atoms with Crippen LogP contribution in [-0.4, -0.2) is 23.0 Å². The number of carbonyl (C=O) groups is 2. The number of nitrogens with one attached hydrogen (secondary N) is 1. The molecule has 0 saturated heterocycles. The summed E-state index contributed by atoms with van der Waals surface area (Å²) in [4.78, 5) is 31.1. The van der Waals surface area contributed by atoms with Gasteiger partial charge in [-0.1, -0.05) is 72.6 Å². The van der Waals surface area contributed by atoms with Gasteiger partial charge in [-0.2, -0.15) is 0 Å². The summed E-state index contributed by atoms with van der Waals surface area (Å²) in [6.07, 6.45) is -0.715. The lowest BCUT2D eigenvalue weighted by molar-refractivity contribution is -0.124. The lowest BCUT2D eigenvalue weighted by Crippen LogP contribution is -2.32. The van der Waals surface area contributed by atoms with Crippen molar-refractivity contribution >= 4 is 73.1 Å². The van der Waals surface area contributed by atoms with E-state index in [9.17, 15) is 9.59 Å². The molecule has 0 radical (unpaired) electrons. The third kappa shape index (κ3) is 4.80. The maximum atomic E-state index is 13.4. The molecule has 5 aromatic rings. The molecule has 5 rings (SSSR count). The molecule has 1 aromatic heterocycles. The van der Waals surface area contributed by atoms with Crippen LogP contribution >= 0.6 is 34.5 Å². The molecule has 1 unspecified atom stereocenters. The number of ether oxygens (including phenoxy) is 1. The fourth-order valence-corrected chi connectivity index (χ4v) is 5.45. The molecule has 1 N–H and O–H groups in total. The average molecular weight is 535 g/mol. The molecule has 4 aromatic carbocycles. The maximum absolute atomic E-state index is 13.4. The summed E-state index contributed by atoms with van der Waals surface area (Å²) < 4.78 is 6.77. The lowest BCUT2D eigenvalue weighted by Gasteiger charge is -2.18. The molecule has 0 spiro atoms. The number of hydrogen-bond acceptors (Lipinski definition) is 5. The van der Waals surface area contributed by atoms with Gasteiger partial charge in [0.2, 0.25) is 0 Å². The first-order valence-corrected chi connectivity index (χ1v) is 12.9. The van der Waals surface area contributed by atoms with Crippen LogP contribution < -0.4 is 5.32 Å². The summed E-state index contributed by atoms with van der Waals surface area (Å²) in [5.41, 5.74) is 2.51. The molecule has 1 heterocycles. The zero-order chi connectivity index (χ0) is 25.2. The predicted octanol–water partition coefficient (Wildman–Crippen LogP) is 8.00. The number of nitrogens with zero attached hydrogens (tertiary/aromatic N) is 1. The van der Waals surface area contributed by atoms with E-state index in [2.05, 4.69) is 5.32 Å². The van der Waals surface area contributed by atoms with Crippen LogP contribution in [0.3, 0.4) is 0 Å². The molecule has 0 aliphatic rings. The smallest absolute Gasteiger partial charge is 0.339 e. The summed E-state index contributed by atoms with van der Waals surface area (Å²) in [5, 5.41) is 5.90. The second-order valence-corrected chi connectivity index (χ2v) is 9.99. The summed E-state index contributed by atoms with van der Waals surface area (Å²) in [6, 6.07) is 24.0. The Morgan fingerprint density at radius 3 is 2.53 bits per heavy atom. The van der Waals surface area contributed by atoms with Crippen molar-refractivity contribution in [2.24, 2.45) is 0 Å². The van der Waals surface area contributed by atoms with Gasteiger partial charge in [0.15, 0.2) is 6.10 Å². The van der Waals surface area contributed by atoms with Gasteiger partial charge in [0, 0.05) is 16.0 Å². The van der Waals surface area contributed by atoms with Gasteiger partial charge in [0.25, 0.3) is 5.91 Å². The van der Waals surface area contributed by atoms with E-state index in [-0.39, 0.29) is 6.42 Å². The number of rotatable bonds is 6. The van der Waals surface area contributed by atoms with Crippen molar-refractivity contribution in [1.29, 1.82) is 0 Å². The number of esters is 1. The molecule has 0 aliphatic heterocycles. The molecular formula is C28H20Cl2N2O3S. The second kappa shape index (κ2) is 10.3. The number of amides is 1. The largest absolute Gasteiger partial charge is 0.449 e. The van der Waals surface area contributed by atoms with E-state index in [1.165, 1.54) is 6.07 Å². The van der Waals surface area contributed by atoms with Crippen molar-refractivity contribution in [1.82, 2.24) is 4.98 Å². The highest BCUT2D eigenvalue weighted by atomic mass is 35.5. The standard InChI is InChI=1S/C28H20Cl2N2O3S/c1-2-23(26(33)31-21-14-13-17(29)15-20(21)30)35-28(34)19-10-6-8-16-7-5-9-18(25(16)19)27-32-22-11-3-4-12-24(22)36-27/h3-15,23H,2H2,1H3,(H,31,33). The first-order chi connectivity index (χ1) is 17.4. The second-order valence-electron chi connectivity index (χ2n) is 8.11. The zero-order valence-electron chi connectivity index (χ0n) is 19.1. The van der Waals surface area contributed by atoms with Crippen LogP contribution in [0.5, 0.6) is 0 Å². The molecule has 0 bridgehead atoms. The van der Waals surface area contributed by atoms with Crippen LogP contribution in [0.25, 0.3) is 31.6 Å². The van der Waals surface area contributed by atoms with Gasteiger partial charge in [-0.3, -0.25) is 4.79 Å². The lowest BCUT2D eigenvalue weighted by atomic mass is 9.99. The molecule has 0 saturated carbocycles. The van der Waals surface area contributed by atoms with E-state index in [0.29, 0.717) is 21.3 Å². The van der Waals surface area contributed by atoms with E-state index in [4.69, 9.17) is 32.9 Å². The fourth-order valence-electron chi connectivity index (χ4n) is 4.00. The van der Waals surface area contributed by atoms with Crippen LogP contribution in [-0.2, 0) is 9.53 Å². The first-order valence-electron chi connectivity index (χ1n) is 11.3. The average Bonchev–Trinajstić information content (AvgIpc) is 3.32. The molecule has 8 heteroatoms. The number of benzene rings is 4. The van der Waals surface area contributed by atoms with Gasteiger partial charge in [0.05, 0.1) is 26.5 Å². The number of aromatic nitrogens is 1. The molecule has 36 heavy (non-hydrogen) atoms. The Kier molecular flexibility index (Phi) is 6.92. The van der Waals surface area contributed by atoms with E-state index < -0.39 is 18.0 Å². The maximum Gasteiger partial charge on any atom is 0.339 e. The highest BCUT2D eigenvalue weighted by Gasteiger charge is 2.25. The minimum atomic E-state index is -1.01. The number of fused-ring (bicyclic) bond motifs is 2. The number of carbonyl (C=O) groups excluding carboxylic acids is 2. The molecule has 180 valence electrons. The first kappa shape index (κ1) is 24.3. The summed E-state index contributed by atoms with van der Waals surface area (Å²) in [7, 11) is 0. The Morgan fingerprint density at radius 1 is 1.00 bits per heavy atom. The predicted molar refractivity (Wildman–Crippen MR) is 147 cm³/mol. The molecule has 0 fully saturated rings. The fraction of sp³-hybridized carbons (Fsp3) is 0.107. The van der Waals surface area contributed by atoms with E-state index >= 15 is 0 Å². The van der Waals surface area contributed by atoms with Gasteiger partial charge >= 0.3 is 5.97 Å². The molecule has 1 atom stereocenters. The van der Waals surface area contributed by atoms with Crippen molar-refractivity contribution in [3.63, 3.8) is 0 Å². The Balaban J connectivity index is 1.47. The Labute approximate surface area is 221 Å². The van der Waals surface area contributed by atoms with Crippen molar-refractivity contribution < 1.29 is 14.3 Å². The van der Waals surface area contributed by atoms with Crippen molar-refractivity contribution in [3.8, 4) is 10.6 Å². The Hall–Kier alpha value is -3.45. The number of halogens is 2. The van der Waals surface area contributed by atoms with Gasteiger partial charge in [-0.15, -0.1) is 11.3 Å². The topological polar surface area (TPSA) is 68.3 Å². The Morgan fingerprint density at radius 2 is 1.78 bits per heavy atom. The van der Waals surface area contributed by atoms with E-state index in [1.54, 1.807) is 42.5 Å². The van der Waals surface area contributed by atoms with E-state index in [0.717, 1.165) is 31.6 Å². The third-order valence-electron chi connectivity index (χ3n) is 5.75. The number of para-hydroxylation sites is 1. The monoisotopic (exact) mass is 534 g/mol. The van der Waals surface area contributed by atoms with Crippen LogP contribution in [0.1, 0.15) is 23.7 Å². The minimum Gasteiger partial charge on any atom is -0.449 e. The van der Waals surface area contributed by atoms with E-state index in [1.807, 2.05) is 48.5 Å². The molecule has 5 nitrogen and oxygen atoms in total.